The van der Waals surface area contributed by atoms with E-state index >= 15 is 0 Å². The maximum Gasteiger partial charge on any atom is 0.307 e. The van der Waals surface area contributed by atoms with Crippen LogP contribution < -0.4 is 5.32 Å². The van der Waals surface area contributed by atoms with E-state index in [0.29, 0.717) is 19.1 Å². The van der Waals surface area contributed by atoms with Gasteiger partial charge in [-0.1, -0.05) is 0 Å². The van der Waals surface area contributed by atoms with Gasteiger partial charge < -0.3 is 15.0 Å². The van der Waals surface area contributed by atoms with E-state index in [1.165, 1.54) is 0 Å². The molecule has 90 valence electrons. The summed E-state index contributed by atoms with van der Waals surface area (Å²) in [6, 6.07) is 0.640. The fraction of sp³-hybridized carbons (Fsp3) is 0.909. The van der Waals surface area contributed by atoms with E-state index in [-0.39, 0.29) is 12.0 Å². The number of nitrogens with zero attached hydrogens (tertiary/aromatic N) is 1. The zero-order chi connectivity index (χ0) is 11.8. The molecule has 2 atom stereocenters. The number of rotatable bonds is 7. The van der Waals surface area contributed by atoms with Crippen LogP contribution in [0.2, 0.25) is 0 Å². The summed E-state index contributed by atoms with van der Waals surface area (Å²) in [4.78, 5) is 13.3. The van der Waals surface area contributed by atoms with Crippen LogP contribution in [-0.4, -0.2) is 50.2 Å². The van der Waals surface area contributed by atoms with Gasteiger partial charge in [-0.05, 0) is 34.9 Å². The van der Waals surface area contributed by atoms with E-state index in [9.17, 15) is 4.79 Å². The van der Waals surface area contributed by atoms with E-state index in [4.69, 9.17) is 4.74 Å². The third-order valence-corrected chi connectivity index (χ3v) is 2.42. The van der Waals surface area contributed by atoms with Crippen molar-refractivity contribution in [3.8, 4) is 0 Å². The molecule has 0 saturated carbocycles. The highest BCUT2D eigenvalue weighted by atomic mass is 16.5. The first-order valence-corrected chi connectivity index (χ1v) is 5.52. The average molecular weight is 216 g/mol. The minimum atomic E-state index is -0.130. The zero-order valence-corrected chi connectivity index (χ0v) is 10.5. The third kappa shape index (κ3) is 7.33. The predicted molar refractivity (Wildman–Crippen MR) is 61.9 cm³/mol. The van der Waals surface area contributed by atoms with Crippen molar-refractivity contribution in [2.24, 2.45) is 0 Å². The van der Waals surface area contributed by atoms with Crippen LogP contribution in [0.5, 0.6) is 0 Å². The maximum atomic E-state index is 11.2. The highest BCUT2D eigenvalue weighted by Crippen LogP contribution is 1.96. The summed E-state index contributed by atoms with van der Waals surface area (Å²) in [6.45, 7) is 7.31. The molecular formula is C11H24N2O2. The molecule has 0 aliphatic rings. The molecular weight excluding hydrogens is 192 g/mol. The van der Waals surface area contributed by atoms with Gasteiger partial charge in [-0.2, -0.15) is 0 Å². The van der Waals surface area contributed by atoms with Gasteiger partial charge in [-0.3, -0.25) is 4.79 Å². The van der Waals surface area contributed by atoms with Gasteiger partial charge >= 0.3 is 5.97 Å². The number of hydrogen-bond acceptors (Lipinski definition) is 4. The monoisotopic (exact) mass is 216 g/mol. The van der Waals surface area contributed by atoms with Crippen molar-refractivity contribution in [2.75, 3.05) is 27.2 Å². The van der Waals surface area contributed by atoms with Gasteiger partial charge in [0.25, 0.3) is 0 Å². The minimum Gasteiger partial charge on any atom is -0.466 e. The van der Waals surface area contributed by atoms with Crippen LogP contribution in [0.3, 0.4) is 0 Å². The molecule has 0 rings (SSSR count). The average Bonchev–Trinajstić information content (AvgIpc) is 2.14. The lowest BCUT2D eigenvalue weighted by molar-refractivity contribution is -0.143. The van der Waals surface area contributed by atoms with Crippen LogP contribution in [0.25, 0.3) is 0 Å². The number of ether oxygens (including phenoxy) is 1. The molecule has 0 saturated heterocycles. The Labute approximate surface area is 93.0 Å². The van der Waals surface area contributed by atoms with Gasteiger partial charge in [0, 0.05) is 18.6 Å². The molecule has 0 aromatic carbocycles. The lowest BCUT2D eigenvalue weighted by Crippen LogP contribution is -2.40. The Kier molecular flexibility index (Phi) is 7.34. The summed E-state index contributed by atoms with van der Waals surface area (Å²) in [7, 11) is 4.09. The Morgan fingerprint density at radius 2 is 2.00 bits per heavy atom. The van der Waals surface area contributed by atoms with Crippen LogP contribution in [0.4, 0.5) is 0 Å². The fourth-order valence-corrected chi connectivity index (χ4v) is 1.10. The zero-order valence-electron chi connectivity index (χ0n) is 10.5. The van der Waals surface area contributed by atoms with E-state index in [1.807, 2.05) is 27.9 Å². The lowest BCUT2D eigenvalue weighted by atomic mass is 10.2. The van der Waals surface area contributed by atoms with Gasteiger partial charge in [0.1, 0.15) is 0 Å². The molecule has 2 unspecified atom stereocenters. The molecule has 1 N–H and O–H groups in total. The van der Waals surface area contributed by atoms with Crippen LogP contribution >= 0.6 is 0 Å². The smallest absolute Gasteiger partial charge is 0.307 e. The summed E-state index contributed by atoms with van der Waals surface area (Å²) < 4.78 is 4.88. The summed E-state index contributed by atoms with van der Waals surface area (Å²) in [5.74, 6) is -0.130. The normalized spacial score (nSPS) is 15.1. The molecule has 4 nitrogen and oxygen atoms in total. The molecule has 0 fully saturated rings. The standard InChI is InChI=1S/C11H24N2O2/c1-6-15-11(14)7-9(2)12-8-10(3)13(4)5/h9-10,12H,6-8H2,1-5H3. The predicted octanol–water partition coefficient (Wildman–Crippen LogP) is 0.868. The topological polar surface area (TPSA) is 41.6 Å². The van der Waals surface area contributed by atoms with Crippen molar-refractivity contribution in [1.29, 1.82) is 0 Å². The number of esters is 1. The Bertz CT molecular complexity index is 183. The second kappa shape index (κ2) is 7.65. The van der Waals surface area contributed by atoms with E-state index in [2.05, 4.69) is 17.1 Å². The highest BCUT2D eigenvalue weighted by molar-refractivity contribution is 5.69. The molecule has 0 aliphatic heterocycles. The maximum absolute atomic E-state index is 11.2. The molecule has 0 heterocycles. The molecule has 0 aromatic heterocycles. The number of nitrogens with one attached hydrogen (secondary N) is 1. The minimum absolute atomic E-state index is 0.130. The molecule has 0 aromatic rings. The second-order valence-corrected chi connectivity index (χ2v) is 4.13. The lowest BCUT2D eigenvalue weighted by Gasteiger charge is -2.22. The summed E-state index contributed by atoms with van der Waals surface area (Å²) in [5, 5.41) is 3.31. The van der Waals surface area contributed by atoms with Crippen molar-refractivity contribution in [2.45, 2.75) is 39.3 Å². The summed E-state index contributed by atoms with van der Waals surface area (Å²) in [5.41, 5.74) is 0. The van der Waals surface area contributed by atoms with Gasteiger partial charge in [0.2, 0.25) is 0 Å². The second-order valence-electron chi connectivity index (χ2n) is 4.13. The van der Waals surface area contributed by atoms with Crippen molar-refractivity contribution in [3.05, 3.63) is 0 Å². The molecule has 0 amide bonds. The quantitative estimate of drug-likeness (QED) is 0.641. The Hall–Kier alpha value is -0.610. The van der Waals surface area contributed by atoms with Gasteiger partial charge in [0.15, 0.2) is 0 Å². The van der Waals surface area contributed by atoms with E-state index in [1.54, 1.807) is 0 Å². The van der Waals surface area contributed by atoms with Crippen LogP contribution in [0.15, 0.2) is 0 Å². The largest absolute Gasteiger partial charge is 0.466 e. The molecule has 0 radical (unpaired) electrons. The van der Waals surface area contributed by atoms with E-state index in [0.717, 1.165) is 6.54 Å². The molecule has 0 spiro atoms. The Morgan fingerprint density at radius 1 is 1.40 bits per heavy atom. The van der Waals surface area contributed by atoms with Crippen LogP contribution in [-0.2, 0) is 9.53 Å². The van der Waals surface area contributed by atoms with Crippen molar-refractivity contribution in [3.63, 3.8) is 0 Å². The number of hydrogen-bond donors (Lipinski definition) is 1. The highest BCUT2D eigenvalue weighted by Gasteiger charge is 2.11. The number of carbonyl (C=O) groups excluding carboxylic acids is 1. The van der Waals surface area contributed by atoms with Crippen LogP contribution in [0.1, 0.15) is 27.2 Å². The van der Waals surface area contributed by atoms with Crippen molar-refractivity contribution in [1.82, 2.24) is 10.2 Å². The van der Waals surface area contributed by atoms with Crippen molar-refractivity contribution >= 4 is 5.97 Å². The summed E-state index contributed by atoms with van der Waals surface area (Å²) in [6.07, 6.45) is 0.438. The van der Waals surface area contributed by atoms with Gasteiger partial charge in [-0.25, -0.2) is 0 Å². The molecule has 15 heavy (non-hydrogen) atoms. The van der Waals surface area contributed by atoms with Gasteiger partial charge in [0.05, 0.1) is 13.0 Å². The SMILES string of the molecule is CCOC(=O)CC(C)NCC(C)N(C)C. The fourth-order valence-electron chi connectivity index (χ4n) is 1.10. The first-order valence-electron chi connectivity index (χ1n) is 5.52. The van der Waals surface area contributed by atoms with Crippen LogP contribution in [0, 0.1) is 0 Å². The molecule has 0 aliphatic carbocycles. The number of likely N-dealkylation sites (N-methyl/N-ethyl adjacent to an activating group) is 1. The van der Waals surface area contributed by atoms with E-state index < -0.39 is 0 Å². The Morgan fingerprint density at radius 3 is 2.47 bits per heavy atom. The summed E-state index contributed by atoms with van der Waals surface area (Å²) >= 11 is 0. The first-order chi connectivity index (χ1) is 6.97. The Balaban J connectivity index is 3.65. The molecule has 4 heteroatoms. The van der Waals surface area contributed by atoms with Crippen molar-refractivity contribution < 1.29 is 9.53 Å². The third-order valence-electron chi connectivity index (χ3n) is 2.42. The number of carbonyl (C=O) groups is 1. The molecule has 0 bridgehead atoms. The van der Waals surface area contributed by atoms with Gasteiger partial charge in [-0.15, -0.1) is 0 Å². The first kappa shape index (κ1) is 14.4.